The Morgan fingerprint density at radius 1 is 1.15 bits per heavy atom. The lowest BCUT2D eigenvalue weighted by Gasteiger charge is -2.30. The van der Waals surface area contributed by atoms with E-state index in [-0.39, 0.29) is 6.10 Å². The molecule has 1 heterocycles. The van der Waals surface area contributed by atoms with E-state index >= 15 is 0 Å². The zero-order chi connectivity index (χ0) is 13.9. The molecule has 1 fully saturated rings. The van der Waals surface area contributed by atoms with Crippen LogP contribution in [0.25, 0.3) is 10.8 Å². The molecule has 0 amide bonds. The summed E-state index contributed by atoms with van der Waals surface area (Å²) >= 11 is 6.10. The van der Waals surface area contributed by atoms with Gasteiger partial charge in [-0.3, -0.25) is 0 Å². The van der Waals surface area contributed by atoms with Gasteiger partial charge in [0.1, 0.15) is 6.10 Å². The van der Waals surface area contributed by atoms with E-state index in [9.17, 15) is 0 Å². The minimum Gasteiger partial charge on any atom is -0.473 e. The molecule has 1 aliphatic rings. The predicted molar refractivity (Wildman–Crippen MR) is 81.2 cm³/mol. The van der Waals surface area contributed by atoms with Gasteiger partial charge in [0.05, 0.1) is 0 Å². The van der Waals surface area contributed by atoms with Crippen LogP contribution in [-0.4, -0.2) is 16.3 Å². The van der Waals surface area contributed by atoms with Crippen molar-refractivity contribution in [3.63, 3.8) is 0 Å². The second-order valence-electron chi connectivity index (χ2n) is 5.45. The van der Waals surface area contributed by atoms with E-state index in [0.29, 0.717) is 17.0 Å². The minimum absolute atomic E-state index is 0.257. The SMILES string of the molecule is CCC1CCCCC1Oc1nnc(Cl)c2ccccc12. The summed E-state index contributed by atoms with van der Waals surface area (Å²) in [6.45, 7) is 2.23. The Bertz CT molecular complexity index is 602. The van der Waals surface area contributed by atoms with Crippen molar-refractivity contribution in [2.45, 2.75) is 45.1 Å². The minimum atomic E-state index is 0.257. The standard InChI is InChI=1S/C16H19ClN2O/c1-2-11-7-3-6-10-14(11)20-16-13-9-5-4-8-12(13)15(17)18-19-16/h4-5,8-9,11,14H,2-3,6-7,10H2,1H3. The Morgan fingerprint density at radius 3 is 2.70 bits per heavy atom. The van der Waals surface area contributed by atoms with Gasteiger partial charge in [0.15, 0.2) is 5.15 Å². The topological polar surface area (TPSA) is 35.0 Å². The fraction of sp³-hybridized carbons (Fsp3) is 0.500. The van der Waals surface area contributed by atoms with Crippen molar-refractivity contribution in [2.24, 2.45) is 5.92 Å². The smallest absolute Gasteiger partial charge is 0.241 e. The lowest BCUT2D eigenvalue weighted by atomic mass is 9.85. The molecule has 1 aromatic carbocycles. The van der Waals surface area contributed by atoms with Crippen LogP contribution in [0.5, 0.6) is 5.88 Å². The fourth-order valence-electron chi connectivity index (χ4n) is 3.07. The highest BCUT2D eigenvalue weighted by Gasteiger charge is 2.26. The third-order valence-corrected chi connectivity index (χ3v) is 4.51. The summed E-state index contributed by atoms with van der Waals surface area (Å²) in [5.41, 5.74) is 0. The van der Waals surface area contributed by atoms with Gasteiger partial charge in [0, 0.05) is 10.8 Å². The first-order valence-electron chi connectivity index (χ1n) is 7.37. The number of halogens is 1. The molecular weight excluding hydrogens is 272 g/mol. The van der Waals surface area contributed by atoms with Crippen LogP contribution in [0.2, 0.25) is 5.15 Å². The van der Waals surface area contributed by atoms with Gasteiger partial charge >= 0.3 is 0 Å². The third kappa shape index (κ3) is 2.59. The highest BCUT2D eigenvalue weighted by atomic mass is 35.5. The van der Waals surface area contributed by atoms with Crippen molar-refractivity contribution in [3.05, 3.63) is 29.4 Å². The second kappa shape index (κ2) is 5.96. The monoisotopic (exact) mass is 290 g/mol. The van der Waals surface area contributed by atoms with Crippen LogP contribution in [0.3, 0.4) is 0 Å². The van der Waals surface area contributed by atoms with E-state index < -0.39 is 0 Å². The Hall–Kier alpha value is -1.35. The summed E-state index contributed by atoms with van der Waals surface area (Å²) in [4.78, 5) is 0. The highest BCUT2D eigenvalue weighted by Crippen LogP contribution is 2.33. The number of nitrogens with zero attached hydrogens (tertiary/aromatic N) is 2. The molecule has 1 aromatic heterocycles. The average Bonchev–Trinajstić information content (AvgIpc) is 2.51. The molecule has 1 aliphatic carbocycles. The maximum Gasteiger partial charge on any atom is 0.241 e. The van der Waals surface area contributed by atoms with Gasteiger partial charge < -0.3 is 4.74 Å². The van der Waals surface area contributed by atoms with E-state index in [1.165, 1.54) is 19.3 Å². The van der Waals surface area contributed by atoms with Crippen LogP contribution >= 0.6 is 11.6 Å². The number of rotatable bonds is 3. The summed E-state index contributed by atoms with van der Waals surface area (Å²) in [6.07, 6.45) is 6.32. The van der Waals surface area contributed by atoms with Crippen LogP contribution in [0, 0.1) is 5.92 Å². The molecule has 20 heavy (non-hydrogen) atoms. The summed E-state index contributed by atoms with van der Waals surface area (Å²) < 4.78 is 6.19. The predicted octanol–water partition coefficient (Wildman–Crippen LogP) is 4.63. The van der Waals surface area contributed by atoms with Crippen molar-refractivity contribution >= 4 is 22.4 Å². The van der Waals surface area contributed by atoms with Crippen LogP contribution in [-0.2, 0) is 0 Å². The Labute approximate surface area is 124 Å². The molecule has 2 atom stereocenters. The summed E-state index contributed by atoms with van der Waals surface area (Å²) in [5.74, 6) is 1.25. The molecule has 0 aliphatic heterocycles. The maximum atomic E-state index is 6.19. The molecule has 0 radical (unpaired) electrons. The molecule has 0 N–H and O–H groups in total. The van der Waals surface area contributed by atoms with Crippen LogP contribution in [0.4, 0.5) is 0 Å². The van der Waals surface area contributed by atoms with Crippen molar-refractivity contribution in [2.75, 3.05) is 0 Å². The first kappa shape index (κ1) is 13.6. The Kier molecular flexibility index (Phi) is 4.06. The molecule has 3 rings (SSSR count). The molecule has 0 bridgehead atoms. The van der Waals surface area contributed by atoms with E-state index in [1.807, 2.05) is 24.3 Å². The van der Waals surface area contributed by atoms with Gasteiger partial charge in [0.25, 0.3) is 0 Å². The van der Waals surface area contributed by atoms with Gasteiger partial charge in [0.2, 0.25) is 5.88 Å². The number of fused-ring (bicyclic) bond motifs is 1. The first-order chi connectivity index (χ1) is 9.79. The number of aromatic nitrogens is 2. The van der Waals surface area contributed by atoms with E-state index in [2.05, 4.69) is 17.1 Å². The molecule has 3 nitrogen and oxygen atoms in total. The zero-order valence-electron chi connectivity index (χ0n) is 11.7. The molecular formula is C16H19ClN2O. The van der Waals surface area contributed by atoms with Gasteiger partial charge in [-0.1, -0.05) is 43.1 Å². The Morgan fingerprint density at radius 2 is 1.90 bits per heavy atom. The van der Waals surface area contributed by atoms with E-state index in [0.717, 1.165) is 23.6 Å². The molecule has 1 saturated carbocycles. The van der Waals surface area contributed by atoms with Gasteiger partial charge in [-0.25, -0.2) is 0 Å². The summed E-state index contributed by atoms with van der Waals surface area (Å²) in [5, 5.41) is 10.5. The van der Waals surface area contributed by atoms with Crippen LogP contribution < -0.4 is 4.74 Å². The van der Waals surface area contributed by atoms with Gasteiger partial charge in [-0.2, -0.15) is 0 Å². The maximum absolute atomic E-state index is 6.19. The average molecular weight is 291 g/mol. The molecule has 106 valence electrons. The molecule has 0 saturated heterocycles. The van der Waals surface area contributed by atoms with E-state index in [1.54, 1.807) is 0 Å². The lowest BCUT2D eigenvalue weighted by Crippen LogP contribution is -2.30. The number of hydrogen-bond acceptors (Lipinski definition) is 3. The van der Waals surface area contributed by atoms with Crippen molar-refractivity contribution in [3.8, 4) is 5.88 Å². The Balaban J connectivity index is 1.92. The number of ether oxygens (including phenoxy) is 1. The van der Waals surface area contributed by atoms with Crippen molar-refractivity contribution < 1.29 is 4.74 Å². The largest absolute Gasteiger partial charge is 0.473 e. The highest BCUT2D eigenvalue weighted by molar-refractivity contribution is 6.34. The zero-order valence-corrected chi connectivity index (χ0v) is 12.4. The lowest BCUT2D eigenvalue weighted by molar-refractivity contribution is 0.0865. The van der Waals surface area contributed by atoms with Gasteiger partial charge in [-0.15, -0.1) is 10.2 Å². The van der Waals surface area contributed by atoms with Crippen molar-refractivity contribution in [1.82, 2.24) is 10.2 Å². The quantitative estimate of drug-likeness (QED) is 0.826. The van der Waals surface area contributed by atoms with Gasteiger partial charge in [-0.05, 0) is 37.7 Å². The molecule has 4 heteroatoms. The van der Waals surface area contributed by atoms with Crippen LogP contribution in [0.15, 0.2) is 24.3 Å². The number of hydrogen-bond donors (Lipinski definition) is 0. The van der Waals surface area contributed by atoms with Crippen molar-refractivity contribution in [1.29, 1.82) is 0 Å². The van der Waals surface area contributed by atoms with Crippen LogP contribution in [0.1, 0.15) is 39.0 Å². The summed E-state index contributed by atoms with van der Waals surface area (Å²) in [7, 11) is 0. The third-order valence-electron chi connectivity index (χ3n) is 4.24. The fourth-order valence-corrected chi connectivity index (χ4v) is 3.28. The molecule has 2 unspecified atom stereocenters. The summed E-state index contributed by atoms with van der Waals surface area (Å²) in [6, 6.07) is 7.88. The molecule has 2 aromatic rings. The number of benzene rings is 1. The first-order valence-corrected chi connectivity index (χ1v) is 7.75. The van der Waals surface area contributed by atoms with E-state index in [4.69, 9.17) is 16.3 Å². The second-order valence-corrected chi connectivity index (χ2v) is 5.81. The molecule has 0 spiro atoms. The normalized spacial score (nSPS) is 22.9.